The van der Waals surface area contributed by atoms with Crippen LogP contribution in [0.5, 0.6) is 0 Å². The Bertz CT molecular complexity index is 655. The molecule has 0 bridgehead atoms. The second-order valence-electron chi connectivity index (χ2n) is 5.79. The van der Waals surface area contributed by atoms with Crippen LogP contribution < -0.4 is 11.1 Å². The summed E-state index contributed by atoms with van der Waals surface area (Å²) in [4.78, 5) is 12.9. The van der Waals surface area contributed by atoms with Crippen LogP contribution in [0.15, 0.2) is 18.2 Å². The number of carbonyl (C=O) groups excluding carboxylic acids is 1. The number of rotatable bonds is 3. The van der Waals surface area contributed by atoms with Crippen molar-refractivity contribution in [3.8, 4) is 0 Å². The molecule has 0 aliphatic heterocycles. The number of benzene rings is 1. The lowest BCUT2D eigenvalue weighted by molar-refractivity contribution is 0.0951. The molecule has 0 atom stereocenters. The molecule has 0 radical (unpaired) electrons. The van der Waals surface area contributed by atoms with Crippen molar-refractivity contribution in [1.82, 2.24) is 5.32 Å². The highest BCUT2D eigenvalue weighted by Crippen LogP contribution is 2.44. The zero-order chi connectivity index (χ0) is 13.6. The van der Waals surface area contributed by atoms with E-state index in [0.29, 0.717) is 16.0 Å². The van der Waals surface area contributed by atoms with E-state index in [9.17, 15) is 4.79 Å². The first-order chi connectivity index (χ1) is 9.00. The second kappa shape index (κ2) is 4.23. The minimum absolute atomic E-state index is 0.0359. The molecule has 3 N–H and O–H groups in total. The number of fused-ring (bicyclic) bond motifs is 1. The number of aryl methyl sites for hydroxylation is 1. The minimum atomic E-state index is -0.0359. The minimum Gasteiger partial charge on any atom is -0.397 e. The zero-order valence-electron chi connectivity index (χ0n) is 11.2. The Morgan fingerprint density at radius 1 is 1.47 bits per heavy atom. The van der Waals surface area contributed by atoms with Gasteiger partial charge in [-0.2, -0.15) is 0 Å². The monoisotopic (exact) mass is 274 g/mol. The van der Waals surface area contributed by atoms with E-state index in [1.807, 2.05) is 25.1 Å². The summed E-state index contributed by atoms with van der Waals surface area (Å²) < 4.78 is 1.11. The van der Waals surface area contributed by atoms with Crippen molar-refractivity contribution in [2.45, 2.75) is 26.7 Å². The average molecular weight is 274 g/mol. The number of carbonyl (C=O) groups is 1. The number of nitrogen functional groups attached to an aromatic ring is 1. The number of nitrogens with two attached hydrogens (primary N) is 1. The molecule has 4 heteroatoms. The van der Waals surface area contributed by atoms with E-state index in [2.05, 4.69) is 12.2 Å². The molecule has 1 aromatic heterocycles. The van der Waals surface area contributed by atoms with Gasteiger partial charge in [-0.25, -0.2) is 0 Å². The van der Waals surface area contributed by atoms with Gasteiger partial charge in [-0.15, -0.1) is 11.3 Å². The van der Waals surface area contributed by atoms with Crippen LogP contribution in [0.3, 0.4) is 0 Å². The Balaban J connectivity index is 1.89. The summed E-state index contributed by atoms with van der Waals surface area (Å²) in [6.45, 7) is 5.00. The zero-order valence-corrected chi connectivity index (χ0v) is 12.1. The van der Waals surface area contributed by atoms with E-state index in [0.717, 1.165) is 16.6 Å². The quantitative estimate of drug-likeness (QED) is 0.902. The molecule has 1 fully saturated rings. The summed E-state index contributed by atoms with van der Waals surface area (Å²) in [6, 6.07) is 6.01. The van der Waals surface area contributed by atoms with Crippen LogP contribution in [-0.4, -0.2) is 12.5 Å². The van der Waals surface area contributed by atoms with Crippen LogP contribution in [0.1, 0.15) is 35.0 Å². The Hall–Kier alpha value is -1.55. The van der Waals surface area contributed by atoms with Crippen molar-refractivity contribution in [1.29, 1.82) is 0 Å². The third-order valence-corrected chi connectivity index (χ3v) is 5.29. The van der Waals surface area contributed by atoms with Crippen LogP contribution in [0.4, 0.5) is 5.69 Å². The fourth-order valence-electron chi connectivity index (χ4n) is 2.21. The van der Waals surface area contributed by atoms with Gasteiger partial charge in [0, 0.05) is 16.6 Å². The maximum absolute atomic E-state index is 12.2. The van der Waals surface area contributed by atoms with Crippen molar-refractivity contribution >= 4 is 33.0 Å². The number of nitrogens with one attached hydrogen (secondary N) is 1. The molecule has 1 aliphatic carbocycles. The third-order valence-electron chi connectivity index (χ3n) is 3.94. The molecule has 3 nitrogen and oxygen atoms in total. The highest BCUT2D eigenvalue weighted by Gasteiger charge is 2.37. The molecule has 100 valence electrons. The lowest BCUT2D eigenvalue weighted by Gasteiger charge is -2.09. The van der Waals surface area contributed by atoms with Gasteiger partial charge in [-0.3, -0.25) is 4.79 Å². The maximum Gasteiger partial charge on any atom is 0.263 e. The predicted molar refractivity (Wildman–Crippen MR) is 80.6 cm³/mol. The standard InChI is InChI=1S/C15H18N2OS/c1-9-4-3-5-10-11(16)13(19-12(9)10)14(18)17-8-15(2)6-7-15/h3-5H,6-8,16H2,1-2H3,(H,17,18). The van der Waals surface area contributed by atoms with E-state index in [-0.39, 0.29) is 5.91 Å². The smallest absolute Gasteiger partial charge is 0.263 e. The van der Waals surface area contributed by atoms with Crippen molar-refractivity contribution in [2.24, 2.45) is 5.41 Å². The molecule has 1 amide bonds. The summed E-state index contributed by atoms with van der Waals surface area (Å²) >= 11 is 1.49. The molecule has 2 aromatic rings. The Morgan fingerprint density at radius 2 is 2.21 bits per heavy atom. The maximum atomic E-state index is 12.2. The van der Waals surface area contributed by atoms with Gasteiger partial charge >= 0.3 is 0 Å². The van der Waals surface area contributed by atoms with Gasteiger partial charge in [0.15, 0.2) is 0 Å². The first-order valence-corrected chi connectivity index (χ1v) is 7.38. The number of amides is 1. The van der Waals surface area contributed by atoms with Crippen LogP contribution in [0.25, 0.3) is 10.1 Å². The molecule has 1 saturated carbocycles. The lowest BCUT2D eigenvalue weighted by Crippen LogP contribution is -2.28. The average Bonchev–Trinajstić information content (AvgIpc) is 3.02. The van der Waals surface area contributed by atoms with Gasteiger partial charge in [0.05, 0.1) is 5.69 Å². The highest BCUT2D eigenvalue weighted by molar-refractivity contribution is 7.21. The lowest BCUT2D eigenvalue weighted by atomic mass is 10.1. The topological polar surface area (TPSA) is 55.1 Å². The van der Waals surface area contributed by atoms with E-state index in [4.69, 9.17) is 5.73 Å². The van der Waals surface area contributed by atoms with Crippen molar-refractivity contribution < 1.29 is 4.79 Å². The van der Waals surface area contributed by atoms with E-state index in [1.165, 1.54) is 29.7 Å². The molecule has 1 aromatic carbocycles. The summed E-state index contributed by atoms with van der Waals surface area (Å²) in [6.07, 6.45) is 2.41. The van der Waals surface area contributed by atoms with Crippen molar-refractivity contribution in [3.05, 3.63) is 28.6 Å². The number of anilines is 1. The van der Waals surface area contributed by atoms with Crippen molar-refractivity contribution in [3.63, 3.8) is 0 Å². The summed E-state index contributed by atoms with van der Waals surface area (Å²) in [5.74, 6) is -0.0359. The number of hydrogen-bond donors (Lipinski definition) is 2. The van der Waals surface area contributed by atoms with Gasteiger partial charge in [0.1, 0.15) is 4.88 Å². The van der Waals surface area contributed by atoms with Crippen LogP contribution in [-0.2, 0) is 0 Å². The largest absolute Gasteiger partial charge is 0.397 e. The molecule has 0 saturated heterocycles. The van der Waals surface area contributed by atoms with Crippen LogP contribution in [0, 0.1) is 12.3 Å². The summed E-state index contributed by atoms with van der Waals surface area (Å²) in [5.41, 5.74) is 8.21. The second-order valence-corrected chi connectivity index (χ2v) is 6.81. The van der Waals surface area contributed by atoms with Gasteiger partial charge in [0.25, 0.3) is 5.91 Å². The van der Waals surface area contributed by atoms with Gasteiger partial charge in [-0.05, 0) is 30.7 Å². The van der Waals surface area contributed by atoms with Crippen LogP contribution in [0.2, 0.25) is 0 Å². The molecular weight excluding hydrogens is 256 g/mol. The normalized spacial score (nSPS) is 16.5. The third kappa shape index (κ3) is 2.21. The molecule has 3 rings (SSSR count). The number of hydrogen-bond acceptors (Lipinski definition) is 3. The molecule has 0 unspecified atom stereocenters. The van der Waals surface area contributed by atoms with Crippen LogP contribution >= 0.6 is 11.3 Å². The molecule has 0 spiro atoms. The van der Waals surface area contributed by atoms with Crippen molar-refractivity contribution in [2.75, 3.05) is 12.3 Å². The Kier molecular flexibility index (Phi) is 2.78. The fourth-order valence-corrected chi connectivity index (χ4v) is 3.32. The molecule has 1 heterocycles. The molecule has 19 heavy (non-hydrogen) atoms. The SMILES string of the molecule is Cc1cccc2c(N)c(C(=O)NCC3(C)CC3)sc12. The first-order valence-electron chi connectivity index (χ1n) is 6.56. The van der Waals surface area contributed by atoms with Gasteiger partial charge < -0.3 is 11.1 Å². The van der Waals surface area contributed by atoms with Gasteiger partial charge in [0.2, 0.25) is 0 Å². The predicted octanol–water partition coefficient (Wildman–Crippen LogP) is 3.32. The molecular formula is C15H18N2OS. The summed E-state index contributed by atoms with van der Waals surface area (Å²) in [5, 5.41) is 4.01. The Morgan fingerprint density at radius 3 is 2.84 bits per heavy atom. The van der Waals surface area contributed by atoms with E-state index in [1.54, 1.807) is 0 Å². The Labute approximate surface area is 116 Å². The fraction of sp³-hybridized carbons (Fsp3) is 0.400. The van der Waals surface area contributed by atoms with E-state index >= 15 is 0 Å². The van der Waals surface area contributed by atoms with Gasteiger partial charge in [-0.1, -0.05) is 25.1 Å². The van der Waals surface area contributed by atoms with E-state index < -0.39 is 0 Å². The number of thiophene rings is 1. The summed E-state index contributed by atoms with van der Waals surface area (Å²) in [7, 11) is 0. The highest BCUT2D eigenvalue weighted by atomic mass is 32.1. The molecule has 1 aliphatic rings. The first kappa shape index (κ1) is 12.5.